The van der Waals surface area contributed by atoms with E-state index in [0.717, 1.165) is 23.2 Å². The molecule has 28 heavy (non-hydrogen) atoms. The number of furan rings is 1. The first kappa shape index (κ1) is 18.6. The van der Waals surface area contributed by atoms with Gasteiger partial charge in [0.2, 0.25) is 0 Å². The normalized spacial score (nSPS) is 16.7. The van der Waals surface area contributed by atoms with Crippen LogP contribution in [0.3, 0.4) is 0 Å². The lowest BCUT2D eigenvalue weighted by Gasteiger charge is -2.02. The molecule has 4 nitrogen and oxygen atoms in total. The molecule has 4 rings (SSSR count). The predicted octanol–water partition coefficient (Wildman–Crippen LogP) is 6.05. The standard InChI is InChI=1S/C22H17ClN2O2S/c1-2-14-7-3-6-10-18(14)24-22-25-21(26)20(28-22)13-15-11-12-19(27-15)16-8-4-5-9-17(16)23/h3-13H,2H2,1H3,(H,24,25,26)/b20-13+. The highest BCUT2D eigenvalue weighted by Gasteiger charge is 2.24. The van der Waals surface area contributed by atoms with Gasteiger partial charge in [0.25, 0.3) is 5.91 Å². The minimum Gasteiger partial charge on any atom is -0.457 e. The Hall–Kier alpha value is -2.76. The monoisotopic (exact) mass is 408 g/mol. The van der Waals surface area contributed by atoms with Crippen molar-refractivity contribution in [3.05, 3.63) is 81.9 Å². The quantitative estimate of drug-likeness (QED) is 0.534. The lowest BCUT2D eigenvalue weighted by atomic mass is 10.1. The average molecular weight is 409 g/mol. The van der Waals surface area contributed by atoms with Gasteiger partial charge in [0.15, 0.2) is 5.17 Å². The molecule has 0 spiro atoms. The summed E-state index contributed by atoms with van der Waals surface area (Å²) in [6, 6.07) is 19.1. The summed E-state index contributed by atoms with van der Waals surface area (Å²) in [5.41, 5.74) is 2.82. The Kier molecular flexibility index (Phi) is 5.37. The molecule has 0 radical (unpaired) electrons. The van der Waals surface area contributed by atoms with Gasteiger partial charge in [-0.25, -0.2) is 4.99 Å². The van der Waals surface area contributed by atoms with Crippen LogP contribution in [-0.2, 0) is 11.2 Å². The zero-order chi connectivity index (χ0) is 19.5. The van der Waals surface area contributed by atoms with Gasteiger partial charge in [0, 0.05) is 11.6 Å². The van der Waals surface area contributed by atoms with Gasteiger partial charge in [0.1, 0.15) is 11.5 Å². The van der Waals surface area contributed by atoms with Gasteiger partial charge in [-0.2, -0.15) is 0 Å². The van der Waals surface area contributed by atoms with Crippen LogP contribution in [0.2, 0.25) is 5.02 Å². The maximum atomic E-state index is 12.3. The van der Waals surface area contributed by atoms with E-state index in [1.165, 1.54) is 11.8 Å². The zero-order valence-corrected chi connectivity index (χ0v) is 16.7. The minimum absolute atomic E-state index is 0.187. The molecule has 1 aromatic heterocycles. The summed E-state index contributed by atoms with van der Waals surface area (Å²) in [6.45, 7) is 2.08. The molecular formula is C22H17ClN2O2S. The van der Waals surface area contributed by atoms with Crippen LogP contribution in [0.15, 0.2) is 75.0 Å². The number of halogens is 1. The molecular weight excluding hydrogens is 392 g/mol. The molecule has 0 saturated carbocycles. The second kappa shape index (κ2) is 8.09. The Balaban J connectivity index is 1.57. The third kappa shape index (κ3) is 3.91. The third-order valence-electron chi connectivity index (χ3n) is 4.28. The fourth-order valence-corrected chi connectivity index (χ4v) is 3.92. The highest BCUT2D eigenvalue weighted by atomic mass is 35.5. The lowest BCUT2D eigenvalue weighted by molar-refractivity contribution is -0.115. The second-order valence-electron chi connectivity index (χ2n) is 6.15. The second-order valence-corrected chi connectivity index (χ2v) is 7.58. The molecule has 3 aromatic rings. The predicted molar refractivity (Wildman–Crippen MR) is 116 cm³/mol. The zero-order valence-electron chi connectivity index (χ0n) is 15.1. The summed E-state index contributed by atoms with van der Waals surface area (Å²) >= 11 is 7.52. The number of amides is 1. The summed E-state index contributed by atoms with van der Waals surface area (Å²) in [4.78, 5) is 17.5. The molecule has 2 aromatic carbocycles. The van der Waals surface area contributed by atoms with Crippen LogP contribution < -0.4 is 5.32 Å². The van der Waals surface area contributed by atoms with Crippen molar-refractivity contribution in [3.8, 4) is 11.3 Å². The minimum atomic E-state index is -0.187. The van der Waals surface area contributed by atoms with Gasteiger partial charge in [-0.05, 0) is 54.1 Å². The number of amidine groups is 1. The van der Waals surface area contributed by atoms with Gasteiger partial charge in [-0.15, -0.1) is 0 Å². The van der Waals surface area contributed by atoms with Crippen molar-refractivity contribution in [3.63, 3.8) is 0 Å². The van der Waals surface area contributed by atoms with Crippen molar-refractivity contribution in [2.24, 2.45) is 4.99 Å². The van der Waals surface area contributed by atoms with E-state index >= 15 is 0 Å². The molecule has 1 fully saturated rings. The molecule has 0 atom stereocenters. The molecule has 1 aliphatic rings. The van der Waals surface area contributed by atoms with Crippen molar-refractivity contribution in [2.45, 2.75) is 13.3 Å². The number of nitrogens with one attached hydrogen (secondary N) is 1. The van der Waals surface area contributed by atoms with Gasteiger partial charge in [-0.1, -0.05) is 48.9 Å². The average Bonchev–Trinajstić information content (AvgIpc) is 3.29. The molecule has 6 heteroatoms. The summed E-state index contributed by atoms with van der Waals surface area (Å²) in [5.74, 6) is 1.06. The molecule has 1 saturated heterocycles. The Morgan fingerprint density at radius 3 is 2.71 bits per heavy atom. The van der Waals surface area contributed by atoms with Crippen molar-refractivity contribution in [2.75, 3.05) is 0 Å². The molecule has 0 unspecified atom stereocenters. The number of carbonyl (C=O) groups is 1. The molecule has 0 bridgehead atoms. The van der Waals surface area contributed by atoms with Crippen molar-refractivity contribution < 1.29 is 9.21 Å². The van der Waals surface area contributed by atoms with Gasteiger partial charge >= 0.3 is 0 Å². The van der Waals surface area contributed by atoms with Crippen LogP contribution in [0, 0.1) is 0 Å². The Morgan fingerprint density at radius 2 is 1.89 bits per heavy atom. The maximum Gasteiger partial charge on any atom is 0.264 e. The van der Waals surface area contributed by atoms with Crippen molar-refractivity contribution >= 4 is 46.2 Å². The van der Waals surface area contributed by atoms with E-state index < -0.39 is 0 Å². The van der Waals surface area contributed by atoms with E-state index in [4.69, 9.17) is 16.0 Å². The SMILES string of the molecule is CCc1ccccc1N=C1NC(=O)/C(=C\c2ccc(-c3ccccc3Cl)o2)S1. The topological polar surface area (TPSA) is 54.6 Å². The Morgan fingerprint density at radius 1 is 1.11 bits per heavy atom. The van der Waals surface area contributed by atoms with E-state index in [1.807, 2.05) is 60.7 Å². The van der Waals surface area contributed by atoms with Crippen LogP contribution in [0.4, 0.5) is 5.69 Å². The van der Waals surface area contributed by atoms with Crippen LogP contribution in [-0.4, -0.2) is 11.1 Å². The molecule has 2 heterocycles. The van der Waals surface area contributed by atoms with E-state index in [0.29, 0.717) is 26.6 Å². The number of aryl methyl sites for hydroxylation is 1. The third-order valence-corrected chi connectivity index (χ3v) is 5.52. The molecule has 1 amide bonds. The van der Waals surface area contributed by atoms with E-state index in [1.54, 1.807) is 6.08 Å². The smallest absolute Gasteiger partial charge is 0.264 e. The number of aliphatic imine (C=N–C) groups is 1. The van der Waals surface area contributed by atoms with E-state index in [-0.39, 0.29) is 5.91 Å². The van der Waals surface area contributed by atoms with Crippen LogP contribution >= 0.6 is 23.4 Å². The lowest BCUT2D eigenvalue weighted by Crippen LogP contribution is -2.19. The van der Waals surface area contributed by atoms with E-state index in [9.17, 15) is 4.79 Å². The first-order chi connectivity index (χ1) is 13.6. The highest BCUT2D eigenvalue weighted by Crippen LogP contribution is 2.32. The number of benzene rings is 2. The number of hydrogen-bond donors (Lipinski definition) is 1. The molecule has 1 aliphatic heterocycles. The summed E-state index contributed by atoms with van der Waals surface area (Å²) in [7, 11) is 0. The number of rotatable bonds is 4. The van der Waals surface area contributed by atoms with Gasteiger partial charge in [0.05, 0.1) is 15.6 Å². The van der Waals surface area contributed by atoms with E-state index in [2.05, 4.69) is 17.2 Å². The fraction of sp³-hybridized carbons (Fsp3) is 0.0909. The molecule has 140 valence electrons. The Bertz CT molecular complexity index is 1100. The van der Waals surface area contributed by atoms with Crippen molar-refractivity contribution in [1.29, 1.82) is 0 Å². The number of hydrogen-bond acceptors (Lipinski definition) is 4. The number of nitrogens with zero attached hydrogens (tertiary/aromatic N) is 1. The van der Waals surface area contributed by atoms with Gasteiger partial charge < -0.3 is 9.73 Å². The van der Waals surface area contributed by atoms with Crippen molar-refractivity contribution in [1.82, 2.24) is 5.32 Å². The Labute approximate surface area is 172 Å². The molecule has 1 N–H and O–H groups in total. The highest BCUT2D eigenvalue weighted by molar-refractivity contribution is 8.18. The van der Waals surface area contributed by atoms with Crippen LogP contribution in [0.1, 0.15) is 18.2 Å². The fourth-order valence-electron chi connectivity index (χ4n) is 2.87. The number of thioether (sulfide) groups is 1. The first-order valence-electron chi connectivity index (χ1n) is 8.86. The number of para-hydroxylation sites is 1. The largest absolute Gasteiger partial charge is 0.457 e. The number of carbonyl (C=O) groups excluding carboxylic acids is 1. The van der Waals surface area contributed by atoms with Crippen LogP contribution in [0.5, 0.6) is 0 Å². The molecule has 0 aliphatic carbocycles. The summed E-state index contributed by atoms with van der Waals surface area (Å²) in [5, 5.41) is 4.00. The first-order valence-corrected chi connectivity index (χ1v) is 10.1. The summed E-state index contributed by atoms with van der Waals surface area (Å²) in [6.07, 6.45) is 2.60. The summed E-state index contributed by atoms with van der Waals surface area (Å²) < 4.78 is 5.86. The van der Waals surface area contributed by atoms with Crippen LogP contribution in [0.25, 0.3) is 17.4 Å². The van der Waals surface area contributed by atoms with Gasteiger partial charge in [-0.3, -0.25) is 4.79 Å². The maximum absolute atomic E-state index is 12.3.